The van der Waals surface area contributed by atoms with Crippen LogP contribution in [-0.4, -0.2) is 26.2 Å². The van der Waals surface area contributed by atoms with Gasteiger partial charge in [0.15, 0.2) is 0 Å². The molecule has 0 radical (unpaired) electrons. The van der Waals surface area contributed by atoms with E-state index in [1.165, 1.54) is 60.7 Å². The third-order valence-corrected chi connectivity index (χ3v) is 7.26. The van der Waals surface area contributed by atoms with Gasteiger partial charge >= 0.3 is 6.18 Å². The van der Waals surface area contributed by atoms with Crippen molar-refractivity contribution in [3.8, 4) is 24.0 Å². The van der Waals surface area contributed by atoms with Crippen molar-refractivity contribution in [2.75, 3.05) is 10.8 Å². The Hall–Kier alpha value is -4.30. The van der Waals surface area contributed by atoms with E-state index in [9.17, 15) is 26.7 Å². The lowest BCUT2D eigenvalue weighted by Gasteiger charge is -2.28. The van der Waals surface area contributed by atoms with Gasteiger partial charge in [0.2, 0.25) is 5.60 Å². The van der Waals surface area contributed by atoms with Crippen LogP contribution in [-0.2, 0) is 15.6 Å². The Morgan fingerprint density at radius 1 is 0.895 bits per heavy atom. The molecule has 1 unspecified atom stereocenters. The molecule has 0 spiro atoms. The third kappa shape index (κ3) is 5.98. The highest BCUT2D eigenvalue weighted by Gasteiger charge is 2.54. The molecular weight excluding hydrogens is 515 g/mol. The highest BCUT2D eigenvalue weighted by atomic mass is 32.2. The highest BCUT2D eigenvalue weighted by molar-refractivity contribution is 7.92. The Labute approximate surface area is 219 Å². The van der Waals surface area contributed by atoms with Gasteiger partial charge in [0.25, 0.3) is 10.0 Å². The number of aliphatic hydroxyl groups is 1. The van der Waals surface area contributed by atoms with E-state index in [1.54, 1.807) is 13.8 Å². The molecule has 0 aromatic heterocycles. The molecule has 3 aromatic rings. The monoisotopic (exact) mass is 537 g/mol. The molecular formula is C28H22F3N3O3S. The summed E-state index contributed by atoms with van der Waals surface area (Å²) in [6, 6.07) is 19.0. The summed E-state index contributed by atoms with van der Waals surface area (Å²) in [5, 5.41) is 28.6. The number of anilines is 1. The molecule has 0 heterocycles. The number of nitrogens with zero attached hydrogens (tertiary/aromatic N) is 3. The molecule has 3 aromatic carbocycles. The number of hydrogen-bond donors (Lipinski definition) is 1. The molecule has 1 atom stereocenters. The quantitative estimate of drug-likeness (QED) is 0.442. The second kappa shape index (κ2) is 11.0. The Kier molecular flexibility index (Phi) is 8.17. The molecule has 194 valence electrons. The van der Waals surface area contributed by atoms with Crippen LogP contribution in [0.2, 0.25) is 0 Å². The third-order valence-electron chi connectivity index (χ3n) is 5.47. The van der Waals surface area contributed by atoms with Crippen molar-refractivity contribution in [3.05, 3.63) is 95.1 Å². The van der Waals surface area contributed by atoms with E-state index in [0.717, 1.165) is 16.4 Å². The van der Waals surface area contributed by atoms with Gasteiger partial charge in [-0.15, -0.1) is 0 Å². The van der Waals surface area contributed by atoms with Gasteiger partial charge in [-0.25, -0.2) is 8.42 Å². The van der Waals surface area contributed by atoms with Gasteiger partial charge in [-0.05, 0) is 66.4 Å². The van der Waals surface area contributed by atoms with Gasteiger partial charge in [-0.2, -0.15) is 23.7 Å². The topological polar surface area (TPSA) is 105 Å². The second-order valence-electron chi connectivity index (χ2n) is 8.76. The SMILES string of the molecule is CC(C)CN(c1ccc(C(O)(C#Cc2ccc(C#N)cc2)C(F)(F)F)cc1)S(=O)(=O)c1cccc(C#N)c1. The number of benzene rings is 3. The molecule has 0 saturated carbocycles. The lowest BCUT2D eigenvalue weighted by molar-refractivity contribution is -0.240. The van der Waals surface area contributed by atoms with E-state index in [1.807, 2.05) is 18.1 Å². The van der Waals surface area contributed by atoms with Crippen LogP contribution in [0, 0.1) is 40.4 Å². The summed E-state index contributed by atoms with van der Waals surface area (Å²) >= 11 is 0. The Balaban J connectivity index is 2.05. The van der Waals surface area contributed by atoms with Crippen molar-refractivity contribution in [2.24, 2.45) is 5.92 Å². The predicted octanol–water partition coefficient (Wildman–Crippen LogP) is 5.08. The molecule has 0 saturated heterocycles. The number of rotatable bonds is 6. The minimum absolute atomic E-state index is 0.0144. The summed E-state index contributed by atoms with van der Waals surface area (Å²) in [7, 11) is -4.16. The first-order valence-corrected chi connectivity index (χ1v) is 12.7. The summed E-state index contributed by atoms with van der Waals surface area (Å²) in [6.45, 7) is 3.58. The number of sulfonamides is 1. The number of halogens is 3. The van der Waals surface area contributed by atoms with Crippen molar-refractivity contribution >= 4 is 15.7 Å². The zero-order chi connectivity index (χ0) is 28.1. The highest BCUT2D eigenvalue weighted by Crippen LogP contribution is 2.39. The largest absolute Gasteiger partial charge is 0.433 e. The fourth-order valence-electron chi connectivity index (χ4n) is 3.49. The Morgan fingerprint density at radius 2 is 1.47 bits per heavy atom. The van der Waals surface area contributed by atoms with Crippen LogP contribution in [0.1, 0.15) is 36.1 Å². The van der Waals surface area contributed by atoms with E-state index in [2.05, 4.69) is 5.92 Å². The maximum Gasteiger partial charge on any atom is 0.433 e. The number of hydrogen-bond acceptors (Lipinski definition) is 5. The maximum absolute atomic E-state index is 14.0. The van der Waals surface area contributed by atoms with Crippen LogP contribution in [0.25, 0.3) is 0 Å². The lowest BCUT2D eigenvalue weighted by Crippen LogP contribution is -2.41. The molecule has 0 bridgehead atoms. The number of alkyl halides is 3. The van der Waals surface area contributed by atoms with Crippen LogP contribution in [0.5, 0.6) is 0 Å². The molecule has 0 fully saturated rings. The van der Waals surface area contributed by atoms with E-state index in [4.69, 9.17) is 10.5 Å². The summed E-state index contributed by atoms with van der Waals surface area (Å²) in [4.78, 5) is -0.138. The summed E-state index contributed by atoms with van der Waals surface area (Å²) in [6.07, 6.45) is -5.17. The van der Waals surface area contributed by atoms with Gasteiger partial charge < -0.3 is 5.11 Å². The van der Waals surface area contributed by atoms with Gasteiger partial charge in [0.05, 0.1) is 33.8 Å². The number of nitriles is 2. The van der Waals surface area contributed by atoms with Crippen LogP contribution in [0.3, 0.4) is 0 Å². The van der Waals surface area contributed by atoms with Gasteiger partial charge in [-0.1, -0.05) is 38.0 Å². The Morgan fingerprint density at radius 3 is 2.00 bits per heavy atom. The standard InChI is InChI=1S/C28H22F3N3O3S/c1-20(2)19-34(38(36,37)26-5-3-4-23(16-26)18-33)25-12-10-24(11-13-25)27(35,28(29,30)31)15-14-21-6-8-22(17-32)9-7-21/h3-13,16,20,35H,19H2,1-2H3. The summed E-state index contributed by atoms with van der Waals surface area (Å²) in [5.74, 6) is 4.05. The minimum Gasteiger partial charge on any atom is -0.366 e. The first-order chi connectivity index (χ1) is 17.8. The fourth-order valence-corrected chi connectivity index (χ4v) is 5.17. The van der Waals surface area contributed by atoms with Crippen molar-refractivity contribution in [3.63, 3.8) is 0 Å². The predicted molar refractivity (Wildman–Crippen MR) is 135 cm³/mol. The minimum atomic E-state index is -5.17. The van der Waals surface area contributed by atoms with Crippen LogP contribution < -0.4 is 4.31 Å². The average Bonchev–Trinajstić information content (AvgIpc) is 2.90. The molecule has 0 aliphatic carbocycles. The molecule has 0 aliphatic rings. The Bertz CT molecular complexity index is 1560. The van der Waals surface area contributed by atoms with E-state index < -0.39 is 27.4 Å². The second-order valence-corrected chi connectivity index (χ2v) is 10.6. The van der Waals surface area contributed by atoms with Crippen molar-refractivity contribution in [1.82, 2.24) is 0 Å². The molecule has 6 nitrogen and oxygen atoms in total. The van der Waals surface area contributed by atoms with Crippen molar-refractivity contribution < 1.29 is 26.7 Å². The summed E-state index contributed by atoms with van der Waals surface area (Å²) < 4.78 is 69.9. The molecule has 10 heteroatoms. The van der Waals surface area contributed by atoms with E-state index in [0.29, 0.717) is 5.56 Å². The van der Waals surface area contributed by atoms with Gasteiger partial charge in [0, 0.05) is 17.7 Å². The van der Waals surface area contributed by atoms with Gasteiger partial charge in [-0.3, -0.25) is 4.31 Å². The van der Waals surface area contributed by atoms with E-state index in [-0.39, 0.29) is 34.2 Å². The lowest BCUT2D eigenvalue weighted by atomic mass is 9.93. The fraction of sp³-hybridized carbons (Fsp3) is 0.214. The van der Waals surface area contributed by atoms with Crippen molar-refractivity contribution in [2.45, 2.75) is 30.5 Å². The average molecular weight is 538 g/mol. The zero-order valence-electron chi connectivity index (χ0n) is 20.4. The van der Waals surface area contributed by atoms with Crippen LogP contribution in [0.4, 0.5) is 18.9 Å². The van der Waals surface area contributed by atoms with Crippen LogP contribution in [0.15, 0.2) is 77.7 Å². The molecule has 0 aliphatic heterocycles. The molecule has 0 amide bonds. The first kappa shape index (κ1) is 28.3. The molecule has 38 heavy (non-hydrogen) atoms. The maximum atomic E-state index is 14.0. The smallest absolute Gasteiger partial charge is 0.366 e. The van der Waals surface area contributed by atoms with Crippen molar-refractivity contribution in [1.29, 1.82) is 10.5 Å². The summed E-state index contributed by atoms with van der Waals surface area (Å²) in [5.41, 5.74) is -3.45. The molecule has 3 rings (SSSR count). The normalized spacial score (nSPS) is 13.0. The van der Waals surface area contributed by atoms with Crippen LogP contribution >= 0.6 is 0 Å². The van der Waals surface area contributed by atoms with E-state index >= 15 is 0 Å². The first-order valence-electron chi connectivity index (χ1n) is 11.3. The zero-order valence-corrected chi connectivity index (χ0v) is 21.2. The van der Waals surface area contributed by atoms with Gasteiger partial charge in [0.1, 0.15) is 0 Å². The molecule has 1 N–H and O–H groups in total.